The monoisotopic (exact) mass is 326 g/mol. The molecule has 6 heteroatoms. The molecule has 0 saturated heterocycles. The van der Waals surface area contributed by atoms with Gasteiger partial charge in [0, 0.05) is 12.1 Å². The third kappa shape index (κ3) is 2.95. The number of H-pyrrole nitrogens is 1. The van der Waals surface area contributed by atoms with Crippen molar-refractivity contribution in [3.8, 4) is 23.0 Å². The maximum atomic E-state index is 5.77. The molecule has 2 heterocycles. The fourth-order valence-corrected chi connectivity index (χ4v) is 2.62. The van der Waals surface area contributed by atoms with Gasteiger partial charge in [0.2, 0.25) is 0 Å². The van der Waals surface area contributed by atoms with Crippen LogP contribution in [0.25, 0.3) is 11.0 Å². The van der Waals surface area contributed by atoms with Crippen LogP contribution in [0.5, 0.6) is 23.0 Å². The number of ether oxygens (including phenoxy) is 4. The van der Waals surface area contributed by atoms with Crippen LogP contribution in [0.15, 0.2) is 36.4 Å². The van der Waals surface area contributed by atoms with Crippen LogP contribution in [0.4, 0.5) is 0 Å². The molecule has 6 nitrogen and oxygen atoms in total. The zero-order valence-corrected chi connectivity index (χ0v) is 13.4. The maximum absolute atomic E-state index is 5.77. The van der Waals surface area contributed by atoms with Gasteiger partial charge in [0.25, 0.3) is 0 Å². The van der Waals surface area contributed by atoms with Crippen molar-refractivity contribution in [2.75, 3.05) is 19.8 Å². The van der Waals surface area contributed by atoms with E-state index in [0.717, 1.165) is 39.9 Å². The Morgan fingerprint density at radius 2 is 1.67 bits per heavy atom. The van der Waals surface area contributed by atoms with Crippen LogP contribution in [-0.2, 0) is 6.61 Å². The molecule has 3 aromatic rings. The van der Waals surface area contributed by atoms with Crippen LogP contribution >= 0.6 is 0 Å². The highest BCUT2D eigenvalue weighted by Gasteiger charge is 2.15. The topological polar surface area (TPSA) is 65.6 Å². The number of aromatic amines is 1. The summed E-state index contributed by atoms with van der Waals surface area (Å²) in [7, 11) is 0. The first-order valence-electron chi connectivity index (χ1n) is 7.96. The van der Waals surface area contributed by atoms with Crippen molar-refractivity contribution in [2.45, 2.75) is 13.5 Å². The predicted molar refractivity (Wildman–Crippen MR) is 89.0 cm³/mol. The molecular formula is C18H18N2O4. The molecule has 0 unspecified atom stereocenters. The van der Waals surface area contributed by atoms with Gasteiger partial charge in [-0.15, -0.1) is 0 Å². The van der Waals surface area contributed by atoms with Crippen LogP contribution in [-0.4, -0.2) is 29.8 Å². The van der Waals surface area contributed by atoms with Gasteiger partial charge in [0.15, 0.2) is 11.5 Å². The quantitative estimate of drug-likeness (QED) is 0.779. The zero-order valence-electron chi connectivity index (χ0n) is 13.4. The molecule has 0 radical (unpaired) electrons. The van der Waals surface area contributed by atoms with Crippen LogP contribution in [0.2, 0.25) is 0 Å². The fraction of sp³-hybridized carbons (Fsp3) is 0.278. The van der Waals surface area contributed by atoms with Gasteiger partial charge >= 0.3 is 0 Å². The van der Waals surface area contributed by atoms with Gasteiger partial charge in [-0.25, -0.2) is 4.98 Å². The van der Waals surface area contributed by atoms with Crippen molar-refractivity contribution < 1.29 is 18.9 Å². The SMILES string of the molecule is CCOc1ccc(OCc2nc3cc4c(cc3[nH]2)OCCO4)cc1. The van der Waals surface area contributed by atoms with E-state index in [1.54, 1.807) is 0 Å². The van der Waals surface area contributed by atoms with Gasteiger partial charge in [-0.2, -0.15) is 0 Å². The highest BCUT2D eigenvalue weighted by Crippen LogP contribution is 2.33. The number of fused-ring (bicyclic) bond motifs is 2. The van der Waals surface area contributed by atoms with E-state index >= 15 is 0 Å². The van der Waals surface area contributed by atoms with Gasteiger partial charge in [-0.3, -0.25) is 0 Å². The second-order valence-corrected chi connectivity index (χ2v) is 5.39. The average molecular weight is 326 g/mol. The molecule has 124 valence electrons. The average Bonchev–Trinajstić information content (AvgIpc) is 3.01. The van der Waals surface area contributed by atoms with E-state index in [1.807, 2.05) is 43.3 Å². The first-order chi connectivity index (χ1) is 11.8. The van der Waals surface area contributed by atoms with Gasteiger partial charge in [0.1, 0.15) is 37.1 Å². The molecule has 2 aromatic carbocycles. The molecule has 0 bridgehead atoms. The van der Waals surface area contributed by atoms with Gasteiger partial charge in [-0.1, -0.05) is 0 Å². The van der Waals surface area contributed by atoms with Crippen molar-refractivity contribution in [1.82, 2.24) is 9.97 Å². The largest absolute Gasteiger partial charge is 0.494 e. The summed E-state index contributed by atoms with van der Waals surface area (Å²) >= 11 is 0. The summed E-state index contributed by atoms with van der Waals surface area (Å²) in [5, 5.41) is 0. The third-order valence-electron chi connectivity index (χ3n) is 3.71. The number of hydrogen-bond acceptors (Lipinski definition) is 5. The zero-order chi connectivity index (χ0) is 16.4. The van der Waals surface area contributed by atoms with Gasteiger partial charge in [-0.05, 0) is 31.2 Å². The number of nitrogens with zero attached hydrogens (tertiary/aromatic N) is 1. The second-order valence-electron chi connectivity index (χ2n) is 5.39. The Bertz CT molecular complexity index is 799. The molecule has 0 saturated carbocycles. The van der Waals surface area contributed by atoms with Crippen molar-refractivity contribution in [3.63, 3.8) is 0 Å². The summed E-state index contributed by atoms with van der Waals surface area (Å²) in [6.45, 7) is 4.10. The van der Waals surface area contributed by atoms with Crippen LogP contribution in [0.3, 0.4) is 0 Å². The Kier molecular flexibility index (Phi) is 3.86. The summed E-state index contributed by atoms with van der Waals surface area (Å²) in [6.07, 6.45) is 0. The van der Waals surface area contributed by atoms with Crippen LogP contribution < -0.4 is 18.9 Å². The van der Waals surface area contributed by atoms with E-state index in [2.05, 4.69) is 9.97 Å². The summed E-state index contributed by atoms with van der Waals surface area (Å²) in [5.41, 5.74) is 1.74. The Labute approximate surface area is 139 Å². The Balaban J connectivity index is 1.48. The summed E-state index contributed by atoms with van der Waals surface area (Å²) in [5.74, 6) is 3.83. The van der Waals surface area contributed by atoms with E-state index in [9.17, 15) is 0 Å². The van der Waals surface area contributed by atoms with Crippen molar-refractivity contribution in [3.05, 3.63) is 42.2 Å². The number of nitrogens with one attached hydrogen (secondary N) is 1. The van der Waals surface area contributed by atoms with Crippen molar-refractivity contribution >= 4 is 11.0 Å². The van der Waals surface area contributed by atoms with Crippen molar-refractivity contribution in [2.24, 2.45) is 0 Å². The molecule has 1 aliphatic heterocycles. The number of rotatable bonds is 5. The van der Waals surface area contributed by atoms with Crippen LogP contribution in [0, 0.1) is 0 Å². The lowest BCUT2D eigenvalue weighted by atomic mass is 10.2. The first kappa shape index (κ1) is 14.7. The third-order valence-corrected chi connectivity index (χ3v) is 3.71. The lowest BCUT2D eigenvalue weighted by Crippen LogP contribution is -2.15. The molecule has 4 rings (SSSR count). The minimum absolute atomic E-state index is 0.356. The highest BCUT2D eigenvalue weighted by molar-refractivity contribution is 5.79. The molecule has 24 heavy (non-hydrogen) atoms. The number of aromatic nitrogens is 2. The Morgan fingerprint density at radius 1 is 1.00 bits per heavy atom. The molecular weight excluding hydrogens is 308 g/mol. The number of benzene rings is 2. The smallest absolute Gasteiger partial charge is 0.163 e. The summed E-state index contributed by atoms with van der Waals surface area (Å²) in [6, 6.07) is 11.3. The Hall–Kier alpha value is -2.89. The summed E-state index contributed by atoms with van der Waals surface area (Å²) < 4.78 is 22.3. The molecule has 0 spiro atoms. The Morgan fingerprint density at radius 3 is 2.38 bits per heavy atom. The number of hydrogen-bond donors (Lipinski definition) is 1. The molecule has 1 aliphatic rings. The van der Waals surface area contributed by atoms with E-state index < -0.39 is 0 Å². The van der Waals surface area contributed by atoms with Crippen molar-refractivity contribution in [1.29, 1.82) is 0 Å². The lowest BCUT2D eigenvalue weighted by Gasteiger charge is -2.17. The minimum Gasteiger partial charge on any atom is -0.494 e. The molecule has 1 N–H and O–H groups in total. The molecule has 0 fully saturated rings. The number of imidazole rings is 1. The molecule has 0 aliphatic carbocycles. The predicted octanol–water partition coefficient (Wildman–Crippen LogP) is 3.31. The molecule has 0 atom stereocenters. The lowest BCUT2D eigenvalue weighted by molar-refractivity contribution is 0.172. The van der Waals surface area contributed by atoms with Gasteiger partial charge in [0.05, 0.1) is 17.6 Å². The van der Waals surface area contributed by atoms with Gasteiger partial charge < -0.3 is 23.9 Å². The highest BCUT2D eigenvalue weighted by atomic mass is 16.6. The maximum Gasteiger partial charge on any atom is 0.163 e. The van der Waals surface area contributed by atoms with E-state index in [4.69, 9.17) is 18.9 Å². The fourth-order valence-electron chi connectivity index (χ4n) is 2.62. The standard InChI is InChI=1S/C18H18N2O4/c1-2-21-12-3-5-13(6-4-12)24-11-18-19-14-9-16-17(10-15(14)20-18)23-8-7-22-16/h3-6,9-10H,2,7-8,11H2,1H3,(H,19,20). The molecule has 0 amide bonds. The summed E-state index contributed by atoms with van der Waals surface area (Å²) in [4.78, 5) is 7.79. The van der Waals surface area contributed by atoms with Crippen LogP contribution in [0.1, 0.15) is 12.7 Å². The first-order valence-corrected chi connectivity index (χ1v) is 7.96. The second kappa shape index (κ2) is 6.31. The van der Waals surface area contributed by atoms with E-state index in [-0.39, 0.29) is 0 Å². The normalized spacial score (nSPS) is 13.0. The van der Waals surface area contributed by atoms with E-state index in [0.29, 0.717) is 26.4 Å². The molecule has 1 aromatic heterocycles. The van der Waals surface area contributed by atoms with E-state index in [1.165, 1.54) is 0 Å². The minimum atomic E-state index is 0.356.